The lowest BCUT2D eigenvalue weighted by atomic mass is 9.84. The number of nitrogens with zero attached hydrogens (tertiary/aromatic N) is 2. The average molecular weight is 281 g/mol. The third kappa shape index (κ3) is 4.44. The molecule has 1 unspecified atom stereocenters. The second kappa shape index (κ2) is 7.24. The van der Waals surface area contributed by atoms with Gasteiger partial charge in [0.15, 0.2) is 0 Å². The van der Waals surface area contributed by atoms with Crippen LogP contribution in [-0.2, 0) is 0 Å². The molecule has 1 saturated heterocycles. The summed E-state index contributed by atoms with van der Waals surface area (Å²) in [6.45, 7) is 13.2. The Bertz CT molecular complexity index is 276. The summed E-state index contributed by atoms with van der Waals surface area (Å²) in [5.74, 6) is 0.909. The van der Waals surface area contributed by atoms with E-state index >= 15 is 0 Å². The molecule has 3 heteroatoms. The molecule has 0 aromatic heterocycles. The minimum absolute atomic E-state index is 0.282. The van der Waals surface area contributed by atoms with Crippen LogP contribution in [-0.4, -0.2) is 61.2 Å². The molecule has 0 aromatic rings. The highest BCUT2D eigenvalue weighted by atomic mass is 15.3. The highest BCUT2D eigenvalue weighted by Gasteiger charge is 2.30. The molecule has 0 bridgehead atoms. The van der Waals surface area contributed by atoms with Gasteiger partial charge in [0, 0.05) is 44.3 Å². The first-order valence-electron chi connectivity index (χ1n) is 8.66. The van der Waals surface area contributed by atoms with Crippen molar-refractivity contribution in [3.8, 4) is 0 Å². The normalized spacial score (nSPS) is 25.8. The maximum Gasteiger partial charge on any atom is 0.0278 e. The molecule has 1 aliphatic heterocycles. The second-order valence-corrected chi connectivity index (χ2v) is 7.67. The Labute approximate surface area is 126 Å². The lowest BCUT2D eigenvalue weighted by Crippen LogP contribution is -2.58. The zero-order chi connectivity index (χ0) is 14.6. The summed E-state index contributed by atoms with van der Waals surface area (Å²) in [5, 5.41) is 3.85. The smallest absolute Gasteiger partial charge is 0.0278 e. The largest absolute Gasteiger partial charge is 0.312 e. The fraction of sp³-hybridized carbons (Fsp3) is 1.00. The third-order valence-electron chi connectivity index (χ3n) is 5.57. The van der Waals surface area contributed by atoms with Crippen molar-refractivity contribution in [3.63, 3.8) is 0 Å². The van der Waals surface area contributed by atoms with E-state index < -0.39 is 0 Å². The summed E-state index contributed by atoms with van der Waals surface area (Å²) >= 11 is 0. The molecule has 1 heterocycles. The lowest BCUT2D eigenvalue weighted by molar-refractivity contribution is 0.0584. The van der Waals surface area contributed by atoms with Crippen LogP contribution in [0, 0.1) is 5.92 Å². The molecule has 0 amide bonds. The molecule has 3 nitrogen and oxygen atoms in total. The van der Waals surface area contributed by atoms with Crippen molar-refractivity contribution >= 4 is 0 Å². The first kappa shape index (κ1) is 16.3. The van der Waals surface area contributed by atoms with E-state index in [1.165, 1.54) is 58.3 Å². The molecule has 2 aliphatic rings. The van der Waals surface area contributed by atoms with Gasteiger partial charge < -0.3 is 10.2 Å². The first-order valence-corrected chi connectivity index (χ1v) is 8.66. The van der Waals surface area contributed by atoms with Crippen LogP contribution in [0.4, 0.5) is 0 Å². The molecule has 1 N–H and O–H groups in total. The predicted octanol–water partition coefficient (Wildman–Crippen LogP) is 2.57. The molecule has 1 saturated carbocycles. The second-order valence-electron chi connectivity index (χ2n) is 7.67. The number of rotatable bonds is 5. The van der Waals surface area contributed by atoms with Crippen molar-refractivity contribution in [3.05, 3.63) is 0 Å². The summed E-state index contributed by atoms with van der Waals surface area (Å²) in [6, 6.07) is 0.682. The van der Waals surface area contributed by atoms with Gasteiger partial charge in [-0.1, -0.05) is 19.3 Å². The highest BCUT2D eigenvalue weighted by Crippen LogP contribution is 2.26. The van der Waals surface area contributed by atoms with Crippen molar-refractivity contribution in [1.29, 1.82) is 0 Å². The van der Waals surface area contributed by atoms with Crippen LogP contribution in [0.1, 0.15) is 52.9 Å². The van der Waals surface area contributed by atoms with Gasteiger partial charge in [-0.2, -0.15) is 0 Å². The Kier molecular flexibility index (Phi) is 5.88. The van der Waals surface area contributed by atoms with E-state index in [4.69, 9.17) is 0 Å². The number of nitrogens with one attached hydrogen (secondary N) is 1. The number of hydrogen-bond acceptors (Lipinski definition) is 3. The van der Waals surface area contributed by atoms with Gasteiger partial charge in [0.1, 0.15) is 0 Å². The molecule has 2 rings (SSSR count). The van der Waals surface area contributed by atoms with Crippen molar-refractivity contribution < 1.29 is 0 Å². The van der Waals surface area contributed by atoms with Gasteiger partial charge >= 0.3 is 0 Å². The SMILES string of the molecule is CC(NCC(C)(C)N1CCN(C)CC1)C1CCCCC1. The summed E-state index contributed by atoms with van der Waals surface area (Å²) < 4.78 is 0. The zero-order valence-electron chi connectivity index (χ0n) is 14.1. The summed E-state index contributed by atoms with van der Waals surface area (Å²) in [7, 11) is 2.23. The molecule has 1 aliphatic carbocycles. The molecule has 20 heavy (non-hydrogen) atoms. The number of hydrogen-bond donors (Lipinski definition) is 1. The van der Waals surface area contributed by atoms with Crippen LogP contribution < -0.4 is 5.32 Å². The fourth-order valence-electron chi connectivity index (χ4n) is 3.74. The minimum atomic E-state index is 0.282. The maximum absolute atomic E-state index is 3.85. The maximum atomic E-state index is 3.85. The molecule has 0 aromatic carbocycles. The van der Waals surface area contributed by atoms with Crippen LogP contribution in [0.25, 0.3) is 0 Å². The first-order chi connectivity index (χ1) is 9.49. The van der Waals surface area contributed by atoms with E-state index in [2.05, 4.69) is 42.9 Å². The van der Waals surface area contributed by atoms with Crippen LogP contribution >= 0.6 is 0 Å². The van der Waals surface area contributed by atoms with E-state index in [-0.39, 0.29) is 5.54 Å². The Morgan fingerprint density at radius 2 is 1.65 bits per heavy atom. The van der Waals surface area contributed by atoms with Gasteiger partial charge in [-0.15, -0.1) is 0 Å². The van der Waals surface area contributed by atoms with Gasteiger partial charge in [-0.05, 0) is 46.6 Å². The molecular formula is C17H35N3. The number of likely N-dealkylation sites (N-methyl/N-ethyl adjacent to an activating group) is 1. The third-order valence-corrected chi connectivity index (χ3v) is 5.57. The fourth-order valence-corrected chi connectivity index (χ4v) is 3.74. The van der Waals surface area contributed by atoms with Gasteiger partial charge in [0.25, 0.3) is 0 Å². The molecular weight excluding hydrogens is 246 g/mol. The van der Waals surface area contributed by atoms with E-state index in [9.17, 15) is 0 Å². The van der Waals surface area contributed by atoms with E-state index in [1.54, 1.807) is 0 Å². The summed E-state index contributed by atoms with van der Waals surface area (Å²) in [5.41, 5.74) is 0.282. The monoisotopic (exact) mass is 281 g/mol. The Hall–Kier alpha value is -0.120. The highest BCUT2D eigenvalue weighted by molar-refractivity contribution is 4.88. The van der Waals surface area contributed by atoms with E-state index in [0.29, 0.717) is 6.04 Å². The van der Waals surface area contributed by atoms with Crippen LogP contribution in [0.15, 0.2) is 0 Å². The van der Waals surface area contributed by atoms with Crippen LogP contribution in [0.3, 0.4) is 0 Å². The summed E-state index contributed by atoms with van der Waals surface area (Å²) in [4.78, 5) is 5.10. The van der Waals surface area contributed by atoms with Gasteiger partial charge in [0.05, 0.1) is 0 Å². The molecule has 2 fully saturated rings. The molecule has 1 atom stereocenters. The molecule has 0 spiro atoms. The van der Waals surface area contributed by atoms with E-state index in [0.717, 1.165) is 12.5 Å². The Morgan fingerprint density at radius 3 is 2.25 bits per heavy atom. The van der Waals surface area contributed by atoms with Gasteiger partial charge in [-0.25, -0.2) is 0 Å². The Balaban J connectivity index is 1.76. The lowest BCUT2D eigenvalue weighted by Gasteiger charge is -2.44. The molecule has 0 radical (unpaired) electrons. The van der Waals surface area contributed by atoms with Crippen LogP contribution in [0.2, 0.25) is 0 Å². The minimum Gasteiger partial charge on any atom is -0.312 e. The Morgan fingerprint density at radius 1 is 1.05 bits per heavy atom. The van der Waals surface area contributed by atoms with Crippen molar-refractivity contribution in [2.24, 2.45) is 5.92 Å². The predicted molar refractivity (Wildman–Crippen MR) is 87.2 cm³/mol. The average Bonchev–Trinajstić information content (AvgIpc) is 2.46. The van der Waals surface area contributed by atoms with Crippen molar-refractivity contribution in [2.75, 3.05) is 39.8 Å². The van der Waals surface area contributed by atoms with Crippen molar-refractivity contribution in [2.45, 2.75) is 64.5 Å². The topological polar surface area (TPSA) is 18.5 Å². The number of piperazine rings is 1. The van der Waals surface area contributed by atoms with Gasteiger partial charge in [-0.3, -0.25) is 4.90 Å². The zero-order valence-corrected chi connectivity index (χ0v) is 14.1. The van der Waals surface area contributed by atoms with Crippen LogP contribution in [0.5, 0.6) is 0 Å². The van der Waals surface area contributed by atoms with Gasteiger partial charge in [0.2, 0.25) is 0 Å². The standard InChI is InChI=1S/C17H35N3/c1-15(16-8-6-5-7-9-16)18-14-17(2,3)20-12-10-19(4)11-13-20/h15-16,18H,5-14H2,1-4H3. The van der Waals surface area contributed by atoms with Crippen molar-refractivity contribution in [1.82, 2.24) is 15.1 Å². The molecule has 118 valence electrons. The van der Waals surface area contributed by atoms with E-state index in [1.807, 2.05) is 0 Å². The summed E-state index contributed by atoms with van der Waals surface area (Å²) in [6.07, 6.45) is 7.21. The quantitative estimate of drug-likeness (QED) is 0.835.